The number of aliphatic hydroxyl groups is 1. The third kappa shape index (κ3) is 3.90. The van der Waals surface area contributed by atoms with Crippen LogP contribution in [0.3, 0.4) is 0 Å². The SMILES string of the molecule is CN(CC(C)(C)O)C(=O)Cn1cc(N)cn1. The van der Waals surface area contributed by atoms with Gasteiger partial charge in [0.15, 0.2) is 0 Å². The van der Waals surface area contributed by atoms with E-state index in [1.165, 1.54) is 15.8 Å². The lowest BCUT2D eigenvalue weighted by Crippen LogP contribution is -2.41. The number of carbonyl (C=O) groups is 1. The van der Waals surface area contributed by atoms with E-state index >= 15 is 0 Å². The molecule has 1 heterocycles. The van der Waals surface area contributed by atoms with Gasteiger partial charge in [-0.05, 0) is 13.8 Å². The lowest BCUT2D eigenvalue weighted by atomic mass is 10.1. The first-order valence-electron chi connectivity index (χ1n) is 5.02. The molecule has 0 aliphatic carbocycles. The number of hydrogen-bond acceptors (Lipinski definition) is 4. The minimum atomic E-state index is -0.895. The van der Waals surface area contributed by atoms with Gasteiger partial charge < -0.3 is 15.7 Å². The summed E-state index contributed by atoms with van der Waals surface area (Å²) in [5, 5.41) is 13.5. The Bertz CT molecular complexity index is 367. The monoisotopic (exact) mass is 226 g/mol. The first-order chi connectivity index (χ1) is 7.28. The molecule has 16 heavy (non-hydrogen) atoms. The van der Waals surface area contributed by atoms with E-state index in [9.17, 15) is 9.90 Å². The molecule has 3 N–H and O–H groups in total. The molecule has 0 atom stereocenters. The Balaban J connectivity index is 2.52. The standard InChI is InChI=1S/C10H18N4O2/c1-10(2,16)7-13(3)9(15)6-14-5-8(11)4-12-14/h4-5,16H,6-7,11H2,1-3H3. The number of nitrogens with zero attached hydrogens (tertiary/aromatic N) is 3. The maximum atomic E-state index is 11.7. The average molecular weight is 226 g/mol. The van der Waals surface area contributed by atoms with Crippen molar-refractivity contribution in [2.45, 2.75) is 26.0 Å². The van der Waals surface area contributed by atoms with Crippen molar-refractivity contribution < 1.29 is 9.90 Å². The van der Waals surface area contributed by atoms with Crippen molar-refractivity contribution in [1.29, 1.82) is 0 Å². The molecule has 0 saturated carbocycles. The third-order valence-corrected chi connectivity index (χ3v) is 2.00. The molecule has 1 aromatic rings. The van der Waals surface area contributed by atoms with Crippen molar-refractivity contribution >= 4 is 11.6 Å². The van der Waals surface area contributed by atoms with E-state index in [2.05, 4.69) is 5.10 Å². The summed E-state index contributed by atoms with van der Waals surface area (Å²) in [7, 11) is 1.65. The molecule has 0 unspecified atom stereocenters. The molecule has 6 nitrogen and oxygen atoms in total. The second-order valence-corrected chi connectivity index (χ2v) is 4.53. The smallest absolute Gasteiger partial charge is 0.244 e. The normalized spacial score (nSPS) is 11.5. The van der Waals surface area contributed by atoms with Crippen LogP contribution in [-0.4, -0.2) is 44.9 Å². The molecule has 0 saturated heterocycles. The molecule has 0 bridgehead atoms. The van der Waals surface area contributed by atoms with Crippen LogP contribution in [0.25, 0.3) is 0 Å². The molecule has 0 radical (unpaired) electrons. The quantitative estimate of drug-likeness (QED) is 0.738. The van der Waals surface area contributed by atoms with Gasteiger partial charge in [0.1, 0.15) is 6.54 Å². The fourth-order valence-electron chi connectivity index (χ4n) is 1.39. The van der Waals surface area contributed by atoms with Crippen LogP contribution >= 0.6 is 0 Å². The number of rotatable bonds is 4. The number of amides is 1. The Morgan fingerprint density at radius 2 is 2.31 bits per heavy atom. The molecule has 6 heteroatoms. The van der Waals surface area contributed by atoms with Crippen molar-refractivity contribution in [2.75, 3.05) is 19.3 Å². The van der Waals surface area contributed by atoms with E-state index in [0.29, 0.717) is 5.69 Å². The van der Waals surface area contributed by atoms with Gasteiger partial charge >= 0.3 is 0 Å². The second-order valence-electron chi connectivity index (χ2n) is 4.53. The zero-order valence-electron chi connectivity index (χ0n) is 9.84. The number of likely N-dealkylation sites (N-methyl/N-ethyl adjacent to an activating group) is 1. The Morgan fingerprint density at radius 3 is 2.75 bits per heavy atom. The summed E-state index contributed by atoms with van der Waals surface area (Å²) in [5.41, 5.74) is 5.11. The Hall–Kier alpha value is -1.56. The first kappa shape index (κ1) is 12.5. The molecule has 0 aliphatic rings. The minimum absolute atomic E-state index is 0.120. The molecule has 1 amide bonds. The van der Waals surface area contributed by atoms with Crippen LogP contribution in [0.2, 0.25) is 0 Å². The topological polar surface area (TPSA) is 84.4 Å². The predicted molar refractivity (Wildman–Crippen MR) is 60.6 cm³/mol. The van der Waals surface area contributed by atoms with Crippen molar-refractivity contribution in [3.05, 3.63) is 12.4 Å². The highest BCUT2D eigenvalue weighted by molar-refractivity contribution is 5.75. The van der Waals surface area contributed by atoms with Gasteiger partial charge in [0.05, 0.1) is 17.5 Å². The van der Waals surface area contributed by atoms with Gasteiger partial charge in [0, 0.05) is 19.8 Å². The van der Waals surface area contributed by atoms with Crippen molar-refractivity contribution in [2.24, 2.45) is 0 Å². The van der Waals surface area contributed by atoms with E-state index in [-0.39, 0.29) is 19.0 Å². The van der Waals surface area contributed by atoms with Gasteiger partial charge in [0.2, 0.25) is 5.91 Å². The van der Waals surface area contributed by atoms with Crippen LogP contribution in [-0.2, 0) is 11.3 Å². The van der Waals surface area contributed by atoms with E-state index in [1.54, 1.807) is 27.1 Å². The fourth-order valence-corrected chi connectivity index (χ4v) is 1.39. The Kier molecular flexibility index (Phi) is 3.54. The van der Waals surface area contributed by atoms with Crippen LogP contribution in [0.15, 0.2) is 12.4 Å². The van der Waals surface area contributed by atoms with Crippen LogP contribution in [0.4, 0.5) is 5.69 Å². The Morgan fingerprint density at radius 1 is 1.69 bits per heavy atom. The number of nitrogens with two attached hydrogens (primary N) is 1. The number of aromatic nitrogens is 2. The van der Waals surface area contributed by atoms with Gasteiger partial charge in [-0.2, -0.15) is 5.10 Å². The maximum Gasteiger partial charge on any atom is 0.244 e. The number of carbonyl (C=O) groups excluding carboxylic acids is 1. The molecule has 0 aromatic carbocycles. The van der Waals surface area contributed by atoms with Crippen molar-refractivity contribution in [1.82, 2.24) is 14.7 Å². The second kappa shape index (κ2) is 4.52. The average Bonchev–Trinajstić information content (AvgIpc) is 2.48. The van der Waals surface area contributed by atoms with Gasteiger partial charge in [-0.15, -0.1) is 0 Å². The predicted octanol–water partition coefficient (Wildman–Crippen LogP) is -0.305. The van der Waals surface area contributed by atoms with E-state index in [1.807, 2.05) is 0 Å². The summed E-state index contributed by atoms with van der Waals surface area (Å²) in [4.78, 5) is 13.2. The van der Waals surface area contributed by atoms with Gasteiger partial charge in [-0.3, -0.25) is 9.48 Å². The number of anilines is 1. The van der Waals surface area contributed by atoms with Crippen LogP contribution in [0.1, 0.15) is 13.8 Å². The summed E-state index contributed by atoms with van der Waals surface area (Å²) in [6.07, 6.45) is 3.08. The van der Waals surface area contributed by atoms with Gasteiger partial charge in [-0.1, -0.05) is 0 Å². The van der Waals surface area contributed by atoms with Crippen LogP contribution in [0.5, 0.6) is 0 Å². The molecule has 1 rings (SSSR count). The summed E-state index contributed by atoms with van der Waals surface area (Å²) in [6, 6.07) is 0. The lowest BCUT2D eigenvalue weighted by molar-refractivity contribution is -0.133. The van der Waals surface area contributed by atoms with E-state index in [0.717, 1.165) is 0 Å². The summed E-state index contributed by atoms with van der Waals surface area (Å²) in [5.74, 6) is -0.120. The van der Waals surface area contributed by atoms with E-state index in [4.69, 9.17) is 5.73 Å². The molecule has 90 valence electrons. The third-order valence-electron chi connectivity index (χ3n) is 2.00. The lowest BCUT2D eigenvalue weighted by Gasteiger charge is -2.25. The highest BCUT2D eigenvalue weighted by atomic mass is 16.3. The maximum absolute atomic E-state index is 11.7. The zero-order chi connectivity index (χ0) is 12.3. The summed E-state index contributed by atoms with van der Waals surface area (Å²) >= 11 is 0. The van der Waals surface area contributed by atoms with Gasteiger partial charge in [-0.25, -0.2) is 0 Å². The van der Waals surface area contributed by atoms with E-state index < -0.39 is 5.60 Å². The largest absolute Gasteiger partial charge is 0.396 e. The highest BCUT2D eigenvalue weighted by Crippen LogP contribution is 2.04. The molecular weight excluding hydrogens is 208 g/mol. The Labute approximate surface area is 94.6 Å². The molecule has 1 aromatic heterocycles. The van der Waals surface area contributed by atoms with Crippen LogP contribution in [0, 0.1) is 0 Å². The van der Waals surface area contributed by atoms with Gasteiger partial charge in [0.25, 0.3) is 0 Å². The first-order valence-corrected chi connectivity index (χ1v) is 5.02. The molecule has 0 spiro atoms. The summed E-state index contributed by atoms with van der Waals surface area (Å²) < 4.78 is 1.47. The van der Waals surface area contributed by atoms with Crippen molar-refractivity contribution in [3.8, 4) is 0 Å². The zero-order valence-corrected chi connectivity index (χ0v) is 9.84. The van der Waals surface area contributed by atoms with Crippen molar-refractivity contribution in [3.63, 3.8) is 0 Å². The highest BCUT2D eigenvalue weighted by Gasteiger charge is 2.19. The fraction of sp³-hybridized carbons (Fsp3) is 0.600. The molecule has 0 fully saturated rings. The minimum Gasteiger partial charge on any atom is -0.396 e. The molecule has 0 aliphatic heterocycles. The number of nitrogen functional groups attached to an aromatic ring is 1. The van der Waals surface area contributed by atoms with Crippen LogP contribution < -0.4 is 5.73 Å². The summed E-state index contributed by atoms with van der Waals surface area (Å²) in [6.45, 7) is 3.72. The molecular formula is C10H18N4O2. The number of hydrogen-bond donors (Lipinski definition) is 2.